The minimum Gasteiger partial charge on any atom is -0.0843 e. The van der Waals surface area contributed by atoms with Crippen molar-refractivity contribution in [3.8, 4) is 22.3 Å². The zero-order chi connectivity index (χ0) is 25.2. The number of benzene rings is 4. The normalized spacial score (nSPS) is 12.5. The molecule has 0 spiro atoms. The van der Waals surface area contributed by atoms with Crippen LogP contribution in [0.5, 0.6) is 0 Å². The molecule has 35 heavy (non-hydrogen) atoms. The summed E-state index contributed by atoms with van der Waals surface area (Å²) in [7, 11) is 0. The van der Waals surface area contributed by atoms with Crippen molar-refractivity contribution in [3.05, 3.63) is 117 Å². The predicted molar refractivity (Wildman–Crippen MR) is 154 cm³/mol. The summed E-state index contributed by atoms with van der Waals surface area (Å²) in [4.78, 5) is 0. The summed E-state index contributed by atoms with van der Waals surface area (Å²) in [6.45, 7) is 11.1. The number of hydrogen-bond acceptors (Lipinski definition) is 0. The van der Waals surface area contributed by atoms with Gasteiger partial charge in [-0.25, -0.2) is 0 Å². The molecule has 0 fully saturated rings. The average Bonchev–Trinajstić information content (AvgIpc) is 2.83. The second-order valence-electron chi connectivity index (χ2n) is 10.7. The molecule has 2 heteroatoms. The lowest BCUT2D eigenvalue weighted by Crippen LogP contribution is -2.10. The molecule has 0 heterocycles. The van der Waals surface area contributed by atoms with Gasteiger partial charge in [-0.3, -0.25) is 0 Å². The molecule has 0 N–H and O–H groups in total. The Balaban J connectivity index is 1.41. The van der Waals surface area contributed by atoms with Gasteiger partial charge in [0, 0.05) is 10.0 Å². The quantitative estimate of drug-likeness (QED) is 0.246. The van der Waals surface area contributed by atoms with E-state index < -0.39 is 0 Å². The maximum atomic E-state index is 6.69. The second kappa shape index (κ2) is 10.6. The Morgan fingerprint density at radius 2 is 1.31 bits per heavy atom. The van der Waals surface area contributed by atoms with Crippen LogP contribution in [0.1, 0.15) is 62.3 Å². The number of rotatable bonds is 6. The topological polar surface area (TPSA) is 0 Å². The third-order valence-electron chi connectivity index (χ3n) is 6.96. The molecule has 0 aliphatic heterocycles. The standard InChI is InChI=1S/C33H34Cl2/c1-22(24-8-10-25(11-9-24)26-14-16-29(17-15-26)33(3,4)5)6-7-27-12-13-28(21-32(27)35)31-19-18-30(34)20-23(31)2/h8-22H,6-7H2,1-5H3. The van der Waals surface area contributed by atoms with Gasteiger partial charge in [0.1, 0.15) is 0 Å². The fraction of sp³-hybridized carbons (Fsp3) is 0.273. The van der Waals surface area contributed by atoms with Crippen LogP contribution in [-0.2, 0) is 11.8 Å². The summed E-state index contributed by atoms with van der Waals surface area (Å²) in [5, 5.41) is 1.59. The number of halogens is 2. The lowest BCUT2D eigenvalue weighted by Gasteiger charge is -2.19. The first-order chi connectivity index (χ1) is 16.6. The van der Waals surface area contributed by atoms with E-state index in [1.807, 2.05) is 12.1 Å². The van der Waals surface area contributed by atoms with Crippen LogP contribution in [0.4, 0.5) is 0 Å². The molecule has 0 radical (unpaired) electrons. The van der Waals surface area contributed by atoms with E-state index in [0.29, 0.717) is 5.92 Å². The summed E-state index contributed by atoms with van der Waals surface area (Å²) in [6.07, 6.45) is 2.01. The number of aryl methyl sites for hydroxylation is 2. The summed E-state index contributed by atoms with van der Waals surface area (Å²) in [6, 6.07) is 30.4. The molecule has 0 saturated carbocycles. The maximum absolute atomic E-state index is 6.69. The Morgan fingerprint density at radius 3 is 1.89 bits per heavy atom. The molecule has 0 aromatic heterocycles. The molecule has 0 amide bonds. The largest absolute Gasteiger partial charge is 0.0843 e. The van der Waals surface area contributed by atoms with E-state index in [1.54, 1.807) is 0 Å². The van der Waals surface area contributed by atoms with Crippen molar-refractivity contribution in [1.82, 2.24) is 0 Å². The molecule has 0 aliphatic rings. The van der Waals surface area contributed by atoms with E-state index in [9.17, 15) is 0 Å². The van der Waals surface area contributed by atoms with Crippen LogP contribution in [-0.4, -0.2) is 0 Å². The summed E-state index contributed by atoms with van der Waals surface area (Å²) >= 11 is 12.8. The third-order valence-corrected chi connectivity index (χ3v) is 7.55. The lowest BCUT2D eigenvalue weighted by molar-refractivity contribution is 0.590. The third kappa shape index (κ3) is 6.18. The van der Waals surface area contributed by atoms with E-state index in [4.69, 9.17) is 23.2 Å². The fourth-order valence-corrected chi connectivity index (χ4v) is 5.08. The molecule has 4 aromatic rings. The SMILES string of the molecule is Cc1cc(Cl)ccc1-c1ccc(CCC(C)c2ccc(-c3ccc(C(C)(C)C)cc3)cc2)c(Cl)c1. The molecule has 0 saturated heterocycles. The average molecular weight is 502 g/mol. The molecule has 1 unspecified atom stereocenters. The van der Waals surface area contributed by atoms with Gasteiger partial charge in [0.15, 0.2) is 0 Å². The summed E-state index contributed by atoms with van der Waals surface area (Å²) in [5.41, 5.74) is 10.1. The molecular formula is C33H34Cl2. The summed E-state index contributed by atoms with van der Waals surface area (Å²) in [5.74, 6) is 0.460. The van der Waals surface area contributed by atoms with E-state index >= 15 is 0 Å². The van der Waals surface area contributed by atoms with Crippen LogP contribution >= 0.6 is 23.2 Å². The van der Waals surface area contributed by atoms with Crippen molar-refractivity contribution < 1.29 is 0 Å². The van der Waals surface area contributed by atoms with Crippen LogP contribution in [0.3, 0.4) is 0 Å². The van der Waals surface area contributed by atoms with Gasteiger partial charge in [0.05, 0.1) is 0 Å². The van der Waals surface area contributed by atoms with Gasteiger partial charge in [-0.2, -0.15) is 0 Å². The first kappa shape index (κ1) is 25.5. The maximum Gasteiger partial charge on any atom is 0.0444 e. The zero-order valence-electron chi connectivity index (χ0n) is 21.3. The Kier molecular flexibility index (Phi) is 7.74. The summed E-state index contributed by atoms with van der Waals surface area (Å²) < 4.78 is 0. The monoisotopic (exact) mass is 500 g/mol. The smallest absolute Gasteiger partial charge is 0.0444 e. The first-order valence-electron chi connectivity index (χ1n) is 12.4. The van der Waals surface area contributed by atoms with E-state index in [-0.39, 0.29) is 5.41 Å². The molecule has 0 aliphatic carbocycles. The zero-order valence-corrected chi connectivity index (χ0v) is 22.8. The minimum atomic E-state index is 0.176. The Morgan fingerprint density at radius 1 is 0.714 bits per heavy atom. The van der Waals surface area contributed by atoms with Crippen molar-refractivity contribution in [2.24, 2.45) is 0 Å². The van der Waals surface area contributed by atoms with Crippen molar-refractivity contribution in [2.75, 3.05) is 0 Å². The highest BCUT2D eigenvalue weighted by Gasteiger charge is 2.14. The van der Waals surface area contributed by atoms with E-state index in [1.165, 1.54) is 33.4 Å². The Hall–Kier alpha value is -2.54. The van der Waals surface area contributed by atoms with Gasteiger partial charge in [-0.05, 0) is 93.8 Å². The van der Waals surface area contributed by atoms with Crippen molar-refractivity contribution in [1.29, 1.82) is 0 Å². The molecule has 180 valence electrons. The molecule has 4 aromatic carbocycles. The minimum absolute atomic E-state index is 0.176. The highest BCUT2D eigenvalue weighted by molar-refractivity contribution is 6.31. The van der Waals surface area contributed by atoms with Gasteiger partial charge < -0.3 is 0 Å². The highest BCUT2D eigenvalue weighted by Crippen LogP contribution is 2.32. The van der Waals surface area contributed by atoms with Crippen molar-refractivity contribution in [3.63, 3.8) is 0 Å². The Labute approximate surface area is 220 Å². The van der Waals surface area contributed by atoms with Crippen molar-refractivity contribution in [2.45, 2.75) is 58.8 Å². The molecule has 4 rings (SSSR count). The van der Waals surface area contributed by atoms with Crippen LogP contribution in [0.25, 0.3) is 22.3 Å². The predicted octanol–water partition coefficient (Wildman–Crippen LogP) is 10.7. The van der Waals surface area contributed by atoms with Crippen molar-refractivity contribution >= 4 is 23.2 Å². The lowest BCUT2D eigenvalue weighted by atomic mass is 9.86. The number of hydrogen-bond donors (Lipinski definition) is 0. The second-order valence-corrected chi connectivity index (χ2v) is 11.5. The van der Waals surface area contributed by atoms with Crippen LogP contribution in [0.2, 0.25) is 10.0 Å². The van der Waals surface area contributed by atoms with Gasteiger partial charge in [-0.15, -0.1) is 0 Å². The Bertz CT molecular complexity index is 1290. The van der Waals surface area contributed by atoms with Gasteiger partial charge in [0.2, 0.25) is 0 Å². The van der Waals surface area contributed by atoms with E-state index in [2.05, 4.69) is 107 Å². The molecule has 0 bridgehead atoms. The molecular weight excluding hydrogens is 467 g/mol. The van der Waals surface area contributed by atoms with Crippen LogP contribution < -0.4 is 0 Å². The molecule has 1 atom stereocenters. The fourth-order valence-electron chi connectivity index (χ4n) is 4.57. The van der Waals surface area contributed by atoms with E-state index in [0.717, 1.165) is 34.0 Å². The van der Waals surface area contributed by atoms with Gasteiger partial charge in [-0.1, -0.05) is 118 Å². The highest BCUT2D eigenvalue weighted by atomic mass is 35.5. The first-order valence-corrected chi connectivity index (χ1v) is 13.1. The van der Waals surface area contributed by atoms with Gasteiger partial charge in [0.25, 0.3) is 0 Å². The van der Waals surface area contributed by atoms with Gasteiger partial charge >= 0.3 is 0 Å². The van der Waals surface area contributed by atoms with Crippen LogP contribution in [0, 0.1) is 6.92 Å². The molecule has 0 nitrogen and oxygen atoms in total. The van der Waals surface area contributed by atoms with Crippen LogP contribution in [0.15, 0.2) is 84.9 Å².